The molecule has 116 valence electrons. The Hall–Kier alpha value is -1.75. The van der Waals surface area contributed by atoms with Crippen LogP contribution in [0.1, 0.15) is 18.9 Å². The molecule has 0 aromatic heterocycles. The molecule has 0 bridgehead atoms. The highest BCUT2D eigenvalue weighted by Gasteiger charge is 2.16. The fourth-order valence-corrected chi connectivity index (χ4v) is 2.02. The van der Waals surface area contributed by atoms with Gasteiger partial charge in [-0.15, -0.1) is 0 Å². The molecule has 0 spiro atoms. The minimum absolute atomic E-state index is 0.0397. The monoisotopic (exact) mass is 294 g/mol. The zero-order valence-electron chi connectivity index (χ0n) is 12.9. The molecule has 1 amide bonds. The highest BCUT2D eigenvalue weighted by Crippen LogP contribution is 2.08. The Labute approximate surface area is 125 Å². The summed E-state index contributed by atoms with van der Waals surface area (Å²) in [4.78, 5) is 27.1. The van der Waals surface area contributed by atoms with Crippen LogP contribution in [-0.4, -0.2) is 55.2 Å². The molecule has 0 unspecified atom stereocenters. The molecule has 21 heavy (non-hydrogen) atoms. The summed E-state index contributed by atoms with van der Waals surface area (Å²) in [5.41, 5.74) is 0.401. The van der Waals surface area contributed by atoms with E-state index in [0.29, 0.717) is 12.1 Å². The fraction of sp³-hybridized carbons (Fsp3) is 0.500. The molecule has 0 atom stereocenters. The number of hydrogen-bond donors (Lipinski definition) is 0. The third-order valence-corrected chi connectivity index (χ3v) is 3.14. The first kappa shape index (κ1) is 17.3. The maximum atomic E-state index is 13.5. The van der Waals surface area contributed by atoms with E-state index >= 15 is 0 Å². The lowest BCUT2D eigenvalue weighted by atomic mass is 10.1. The van der Waals surface area contributed by atoms with E-state index in [1.54, 1.807) is 32.3 Å². The Balaban J connectivity index is 2.60. The van der Waals surface area contributed by atoms with Crippen molar-refractivity contribution in [3.63, 3.8) is 0 Å². The van der Waals surface area contributed by atoms with E-state index in [1.165, 1.54) is 11.0 Å². The summed E-state index contributed by atoms with van der Waals surface area (Å²) in [5, 5.41) is 0. The first-order valence-electron chi connectivity index (χ1n) is 7.11. The second kappa shape index (κ2) is 8.52. The van der Waals surface area contributed by atoms with Crippen LogP contribution in [0.5, 0.6) is 0 Å². The second-order valence-corrected chi connectivity index (χ2v) is 5.31. The van der Waals surface area contributed by atoms with Gasteiger partial charge in [-0.25, -0.2) is 4.39 Å². The molecule has 4 nitrogen and oxygen atoms in total. The van der Waals surface area contributed by atoms with Crippen molar-refractivity contribution in [1.29, 1.82) is 0 Å². The van der Waals surface area contributed by atoms with Crippen molar-refractivity contribution in [2.45, 2.75) is 19.8 Å². The normalized spacial score (nSPS) is 10.7. The van der Waals surface area contributed by atoms with Crippen molar-refractivity contribution in [3.05, 3.63) is 35.6 Å². The van der Waals surface area contributed by atoms with Gasteiger partial charge in [0.25, 0.3) is 0 Å². The average Bonchev–Trinajstić information content (AvgIpc) is 2.41. The largest absolute Gasteiger partial charge is 0.348 e. The third-order valence-electron chi connectivity index (χ3n) is 3.14. The molecule has 0 heterocycles. The van der Waals surface area contributed by atoms with Crippen molar-refractivity contribution in [2.75, 3.05) is 33.7 Å². The number of benzene rings is 1. The SMILES string of the molecule is CCCN(CC(=O)Cc1ccccc1F)CC(=O)N(C)C. The molecule has 0 saturated carbocycles. The van der Waals surface area contributed by atoms with Gasteiger partial charge in [-0.3, -0.25) is 14.5 Å². The van der Waals surface area contributed by atoms with Crippen LogP contribution in [0.15, 0.2) is 24.3 Å². The predicted molar refractivity (Wildman–Crippen MR) is 80.5 cm³/mol. The van der Waals surface area contributed by atoms with Crippen LogP contribution in [0.4, 0.5) is 4.39 Å². The zero-order chi connectivity index (χ0) is 15.8. The first-order chi connectivity index (χ1) is 9.93. The Morgan fingerprint density at radius 2 is 1.81 bits per heavy atom. The Kier molecular flexibility index (Phi) is 7.02. The topological polar surface area (TPSA) is 40.6 Å². The number of Topliss-reactive ketones (excluding diaryl/α,β-unsaturated/α-hetero) is 1. The molecule has 1 aromatic rings. The number of likely N-dealkylation sites (N-methyl/N-ethyl adjacent to an activating group) is 1. The number of carbonyl (C=O) groups excluding carboxylic acids is 2. The zero-order valence-corrected chi connectivity index (χ0v) is 12.9. The van der Waals surface area contributed by atoms with Crippen LogP contribution in [0.2, 0.25) is 0 Å². The molecule has 0 N–H and O–H groups in total. The van der Waals surface area contributed by atoms with Crippen molar-refractivity contribution in [1.82, 2.24) is 9.80 Å². The Morgan fingerprint density at radius 1 is 1.14 bits per heavy atom. The molecule has 0 saturated heterocycles. The molecule has 0 aliphatic heterocycles. The van der Waals surface area contributed by atoms with Crippen LogP contribution in [0.3, 0.4) is 0 Å². The second-order valence-electron chi connectivity index (χ2n) is 5.31. The van der Waals surface area contributed by atoms with E-state index in [0.717, 1.165) is 6.42 Å². The van der Waals surface area contributed by atoms with Gasteiger partial charge in [0, 0.05) is 20.5 Å². The lowest BCUT2D eigenvalue weighted by Gasteiger charge is -2.22. The van der Waals surface area contributed by atoms with Crippen molar-refractivity contribution in [2.24, 2.45) is 0 Å². The van der Waals surface area contributed by atoms with E-state index in [1.807, 2.05) is 11.8 Å². The van der Waals surface area contributed by atoms with Crippen LogP contribution in [-0.2, 0) is 16.0 Å². The molecule has 1 rings (SSSR count). The smallest absolute Gasteiger partial charge is 0.236 e. The van der Waals surface area contributed by atoms with Gasteiger partial charge < -0.3 is 4.90 Å². The van der Waals surface area contributed by atoms with Gasteiger partial charge in [0.05, 0.1) is 13.1 Å². The summed E-state index contributed by atoms with van der Waals surface area (Å²) in [6, 6.07) is 6.28. The molecule has 0 radical (unpaired) electrons. The highest BCUT2D eigenvalue weighted by atomic mass is 19.1. The molecule has 0 aliphatic rings. The maximum Gasteiger partial charge on any atom is 0.236 e. The number of nitrogens with zero attached hydrogens (tertiary/aromatic N) is 2. The number of carbonyl (C=O) groups is 2. The van der Waals surface area contributed by atoms with Gasteiger partial charge in [0.1, 0.15) is 5.82 Å². The van der Waals surface area contributed by atoms with Gasteiger partial charge in [-0.1, -0.05) is 25.1 Å². The van der Waals surface area contributed by atoms with Crippen LogP contribution < -0.4 is 0 Å². The standard InChI is InChI=1S/C16H23FN2O2/c1-4-9-19(12-16(21)18(2)3)11-14(20)10-13-7-5-6-8-15(13)17/h5-8H,4,9-12H2,1-3H3. The number of ketones is 1. The van der Waals surface area contributed by atoms with Gasteiger partial charge >= 0.3 is 0 Å². The number of halogens is 1. The molecule has 1 aromatic carbocycles. The lowest BCUT2D eigenvalue weighted by molar-refractivity contribution is -0.130. The van der Waals surface area contributed by atoms with E-state index in [9.17, 15) is 14.0 Å². The van der Waals surface area contributed by atoms with Gasteiger partial charge in [0.15, 0.2) is 5.78 Å². The van der Waals surface area contributed by atoms with Crippen LogP contribution in [0, 0.1) is 5.82 Å². The van der Waals surface area contributed by atoms with Gasteiger partial charge in [0.2, 0.25) is 5.91 Å². The molecular formula is C16H23FN2O2. The van der Waals surface area contributed by atoms with Gasteiger partial charge in [-0.2, -0.15) is 0 Å². The van der Waals surface area contributed by atoms with Crippen LogP contribution in [0.25, 0.3) is 0 Å². The number of amides is 1. The maximum absolute atomic E-state index is 13.5. The highest BCUT2D eigenvalue weighted by molar-refractivity contribution is 5.84. The summed E-state index contributed by atoms with van der Waals surface area (Å²) in [5.74, 6) is -0.487. The number of rotatable bonds is 8. The summed E-state index contributed by atoms with van der Waals surface area (Å²) < 4.78 is 13.5. The van der Waals surface area contributed by atoms with Crippen molar-refractivity contribution < 1.29 is 14.0 Å². The molecule has 5 heteroatoms. The van der Waals surface area contributed by atoms with Gasteiger partial charge in [-0.05, 0) is 24.6 Å². The predicted octanol–water partition coefficient (Wildman–Crippen LogP) is 1.74. The summed E-state index contributed by atoms with van der Waals surface area (Å²) in [6.45, 7) is 3.04. The lowest BCUT2D eigenvalue weighted by Crippen LogP contribution is -2.40. The summed E-state index contributed by atoms with van der Waals surface area (Å²) in [6.07, 6.45) is 0.913. The van der Waals surface area contributed by atoms with Crippen molar-refractivity contribution in [3.8, 4) is 0 Å². The minimum Gasteiger partial charge on any atom is -0.348 e. The van der Waals surface area contributed by atoms with E-state index < -0.39 is 0 Å². The number of hydrogen-bond acceptors (Lipinski definition) is 3. The molecule has 0 aliphatic carbocycles. The minimum atomic E-state index is -0.364. The Morgan fingerprint density at radius 3 is 2.38 bits per heavy atom. The molecule has 0 fully saturated rings. The Bertz CT molecular complexity index is 489. The van der Waals surface area contributed by atoms with Crippen LogP contribution >= 0.6 is 0 Å². The summed E-state index contributed by atoms with van der Waals surface area (Å²) in [7, 11) is 3.38. The quantitative estimate of drug-likeness (QED) is 0.733. The average molecular weight is 294 g/mol. The fourth-order valence-electron chi connectivity index (χ4n) is 2.02. The summed E-state index contributed by atoms with van der Waals surface area (Å²) >= 11 is 0. The van der Waals surface area contributed by atoms with E-state index in [4.69, 9.17) is 0 Å². The van der Waals surface area contributed by atoms with E-state index in [2.05, 4.69) is 0 Å². The third kappa shape index (κ3) is 6.04. The first-order valence-corrected chi connectivity index (χ1v) is 7.11. The van der Waals surface area contributed by atoms with E-state index in [-0.39, 0.29) is 37.0 Å². The molecular weight excluding hydrogens is 271 g/mol. The van der Waals surface area contributed by atoms with Crippen molar-refractivity contribution >= 4 is 11.7 Å².